The van der Waals surface area contributed by atoms with Crippen LogP contribution in [0.5, 0.6) is 0 Å². The Morgan fingerprint density at radius 3 is 1.53 bits per heavy atom. The lowest BCUT2D eigenvalue weighted by molar-refractivity contribution is 0.673. The molecule has 1 nitrogen and oxygen atoms in total. The third-order valence-electron chi connectivity index (χ3n) is 12.0. The molecule has 0 aliphatic heterocycles. The average Bonchev–Trinajstić information content (AvgIpc) is 3.65. The highest BCUT2D eigenvalue weighted by molar-refractivity contribution is 6.24. The molecule has 1 heterocycles. The maximum absolute atomic E-state index is 6.66. The number of fused-ring (bicyclic) bond motifs is 9. The van der Waals surface area contributed by atoms with Crippen molar-refractivity contribution in [3.8, 4) is 44.5 Å². The number of benzene rings is 11. The second kappa shape index (κ2) is 12.5. The molecule has 1 aromatic heterocycles. The number of furan rings is 1. The summed E-state index contributed by atoms with van der Waals surface area (Å²) in [4.78, 5) is 0. The lowest BCUT2D eigenvalue weighted by Crippen LogP contribution is -1.92. The summed E-state index contributed by atoms with van der Waals surface area (Å²) in [5.41, 5.74) is 11.7. The third-order valence-corrected chi connectivity index (χ3v) is 12.0. The lowest BCUT2D eigenvalue weighted by Gasteiger charge is -2.20. The molecule has 0 saturated heterocycles. The van der Waals surface area contributed by atoms with Gasteiger partial charge in [-0.3, -0.25) is 0 Å². The zero-order valence-corrected chi connectivity index (χ0v) is 31.0. The standard InChI is InChI=1S/C56H34O/c1-2-13-35(14-3-1)42-29-30-49(44-20-7-6-19-43(42)44)55-47-23-10-8-21-45(47)54(46-22-9-11-24-48(46)55)41-18-12-17-37(31-41)40-26-25-36-27-28-50-52-33-38-15-4-5-16-39(38)34-53(52)57-56(50)51(36)32-40/h1-34H. The van der Waals surface area contributed by atoms with E-state index >= 15 is 0 Å². The first-order chi connectivity index (χ1) is 28.3. The van der Waals surface area contributed by atoms with Crippen LogP contribution in [0.15, 0.2) is 211 Å². The highest BCUT2D eigenvalue weighted by atomic mass is 16.3. The maximum atomic E-state index is 6.66. The number of hydrogen-bond acceptors (Lipinski definition) is 1. The van der Waals surface area contributed by atoms with Crippen LogP contribution in [0.1, 0.15) is 0 Å². The van der Waals surface area contributed by atoms with E-state index in [1.54, 1.807) is 0 Å². The molecule has 12 rings (SSSR count). The summed E-state index contributed by atoms with van der Waals surface area (Å²) >= 11 is 0. The molecule has 0 saturated carbocycles. The molecule has 0 amide bonds. The van der Waals surface area contributed by atoms with Crippen LogP contribution >= 0.6 is 0 Å². The summed E-state index contributed by atoms with van der Waals surface area (Å²) < 4.78 is 6.66. The van der Waals surface area contributed by atoms with Crippen molar-refractivity contribution in [3.05, 3.63) is 206 Å². The summed E-state index contributed by atoms with van der Waals surface area (Å²) in [5, 5.41) is 14.5. The minimum absolute atomic E-state index is 0.922. The molecule has 264 valence electrons. The van der Waals surface area contributed by atoms with E-state index < -0.39 is 0 Å². The number of rotatable bonds is 4. The van der Waals surface area contributed by atoms with Gasteiger partial charge in [-0.15, -0.1) is 0 Å². The topological polar surface area (TPSA) is 13.1 Å². The summed E-state index contributed by atoms with van der Waals surface area (Å²) in [5.74, 6) is 0. The summed E-state index contributed by atoms with van der Waals surface area (Å²) in [6, 6.07) is 75.3. The van der Waals surface area contributed by atoms with Gasteiger partial charge >= 0.3 is 0 Å². The highest BCUT2D eigenvalue weighted by Gasteiger charge is 2.20. The molecule has 0 fully saturated rings. The zero-order chi connectivity index (χ0) is 37.5. The SMILES string of the molecule is c1ccc(-c2ccc(-c3c4ccccc4c(-c4cccc(-c5ccc6ccc7c8cc9ccccc9cc8oc7c6c5)c4)c4ccccc34)c3ccccc23)cc1. The van der Waals surface area contributed by atoms with Gasteiger partial charge < -0.3 is 4.42 Å². The van der Waals surface area contributed by atoms with E-state index in [2.05, 4.69) is 206 Å². The average molecular weight is 723 g/mol. The van der Waals surface area contributed by atoms with Crippen LogP contribution in [-0.4, -0.2) is 0 Å². The Labute approximate surface area is 329 Å². The number of hydrogen-bond donors (Lipinski definition) is 0. The minimum atomic E-state index is 0.922. The Hall–Kier alpha value is -7.48. The maximum Gasteiger partial charge on any atom is 0.143 e. The van der Waals surface area contributed by atoms with Crippen molar-refractivity contribution < 1.29 is 4.42 Å². The molecular formula is C56H34O. The Morgan fingerprint density at radius 2 is 0.789 bits per heavy atom. The van der Waals surface area contributed by atoms with Gasteiger partial charge in [0.15, 0.2) is 0 Å². The molecule has 57 heavy (non-hydrogen) atoms. The third kappa shape index (κ3) is 4.96. The van der Waals surface area contributed by atoms with E-state index in [0.717, 1.165) is 32.9 Å². The van der Waals surface area contributed by atoms with E-state index in [0.29, 0.717) is 0 Å². The summed E-state index contributed by atoms with van der Waals surface area (Å²) in [7, 11) is 0. The van der Waals surface area contributed by atoms with Gasteiger partial charge in [-0.25, -0.2) is 0 Å². The smallest absolute Gasteiger partial charge is 0.143 e. The quantitative estimate of drug-likeness (QED) is 0.165. The van der Waals surface area contributed by atoms with E-state index in [4.69, 9.17) is 4.42 Å². The van der Waals surface area contributed by atoms with Crippen LogP contribution in [0.3, 0.4) is 0 Å². The van der Waals surface area contributed by atoms with Crippen molar-refractivity contribution >= 4 is 75.8 Å². The molecule has 0 atom stereocenters. The van der Waals surface area contributed by atoms with Crippen molar-refractivity contribution in [1.29, 1.82) is 0 Å². The summed E-state index contributed by atoms with van der Waals surface area (Å²) in [6.07, 6.45) is 0. The molecular weight excluding hydrogens is 689 g/mol. The molecule has 11 aromatic carbocycles. The molecule has 0 radical (unpaired) electrons. The molecule has 12 aromatic rings. The van der Waals surface area contributed by atoms with E-state index in [9.17, 15) is 0 Å². The molecule has 1 heteroatoms. The fourth-order valence-electron chi connectivity index (χ4n) is 9.39. The van der Waals surface area contributed by atoms with Crippen molar-refractivity contribution in [3.63, 3.8) is 0 Å². The van der Waals surface area contributed by atoms with Crippen molar-refractivity contribution in [2.45, 2.75) is 0 Å². The second-order valence-electron chi connectivity index (χ2n) is 15.2. The van der Waals surface area contributed by atoms with Crippen LogP contribution in [0, 0.1) is 0 Å². The monoisotopic (exact) mass is 722 g/mol. The first-order valence-electron chi connectivity index (χ1n) is 19.7. The van der Waals surface area contributed by atoms with Crippen molar-refractivity contribution in [1.82, 2.24) is 0 Å². The Morgan fingerprint density at radius 1 is 0.246 bits per heavy atom. The fourth-order valence-corrected chi connectivity index (χ4v) is 9.39. The van der Waals surface area contributed by atoms with Gasteiger partial charge in [0.2, 0.25) is 0 Å². The second-order valence-corrected chi connectivity index (χ2v) is 15.2. The van der Waals surface area contributed by atoms with Crippen LogP contribution in [0.25, 0.3) is 120 Å². The van der Waals surface area contributed by atoms with Gasteiger partial charge in [0.25, 0.3) is 0 Å². The van der Waals surface area contributed by atoms with Gasteiger partial charge in [-0.05, 0) is 123 Å². The van der Waals surface area contributed by atoms with Crippen molar-refractivity contribution in [2.75, 3.05) is 0 Å². The van der Waals surface area contributed by atoms with E-state index in [1.165, 1.54) is 87.4 Å². The van der Waals surface area contributed by atoms with Crippen LogP contribution in [-0.2, 0) is 0 Å². The van der Waals surface area contributed by atoms with Gasteiger partial charge in [0.05, 0.1) is 0 Å². The first-order valence-corrected chi connectivity index (χ1v) is 19.7. The molecule has 0 unspecified atom stereocenters. The van der Waals surface area contributed by atoms with Crippen LogP contribution < -0.4 is 0 Å². The van der Waals surface area contributed by atoms with E-state index in [-0.39, 0.29) is 0 Å². The fraction of sp³-hybridized carbons (Fsp3) is 0. The minimum Gasteiger partial charge on any atom is -0.455 e. The Kier molecular flexibility index (Phi) is 7.00. The largest absolute Gasteiger partial charge is 0.455 e. The summed E-state index contributed by atoms with van der Waals surface area (Å²) in [6.45, 7) is 0. The molecule has 0 spiro atoms. The predicted octanol–water partition coefficient (Wildman–Crippen LogP) is 16.0. The van der Waals surface area contributed by atoms with Crippen LogP contribution in [0.4, 0.5) is 0 Å². The molecule has 0 aliphatic rings. The Bertz CT molecular complexity index is 3510. The Balaban J connectivity index is 1.05. The van der Waals surface area contributed by atoms with E-state index in [1.807, 2.05) is 0 Å². The van der Waals surface area contributed by atoms with Gasteiger partial charge in [0, 0.05) is 16.2 Å². The predicted molar refractivity (Wildman–Crippen MR) is 243 cm³/mol. The molecule has 0 bridgehead atoms. The first kappa shape index (κ1) is 31.8. The highest BCUT2D eigenvalue weighted by Crippen LogP contribution is 2.47. The normalized spacial score (nSPS) is 11.9. The zero-order valence-electron chi connectivity index (χ0n) is 31.0. The van der Waals surface area contributed by atoms with Gasteiger partial charge in [0.1, 0.15) is 11.2 Å². The van der Waals surface area contributed by atoms with Crippen molar-refractivity contribution in [2.24, 2.45) is 0 Å². The lowest BCUT2D eigenvalue weighted by atomic mass is 9.83. The van der Waals surface area contributed by atoms with Gasteiger partial charge in [-0.2, -0.15) is 0 Å². The van der Waals surface area contributed by atoms with Gasteiger partial charge in [-0.1, -0.05) is 176 Å². The van der Waals surface area contributed by atoms with Crippen LogP contribution in [0.2, 0.25) is 0 Å². The molecule has 0 aliphatic carbocycles. The molecule has 0 N–H and O–H groups in total.